The summed E-state index contributed by atoms with van der Waals surface area (Å²) in [6.45, 7) is 9.47. The predicted octanol–water partition coefficient (Wildman–Crippen LogP) is 5.62. The van der Waals surface area contributed by atoms with Gasteiger partial charge < -0.3 is 9.47 Å². The molecule has 0 aliphatic carbocycles. The number of unbranched alkanes of at least 4 members (excludes halogenated alkanes) is 2. The molecule has 0 rings (SSSR count). The minimum absolute atomic E-state index is 0.372. The fourth-order valence-corrected chi connectivity index (χ4v) is 2.56. The number of hydrogen-bond donors (Lipinski definition) is 0. The lowest BCUT2D eigenvalue weighted by molar-refractivity contribution is -0.140. The molecule has 0 aromatic rings. The fourth-order valence-electron chi connectivity index (χ4n) is 2.56. The van der Waals surface area contributed by atoms with Crippen molar-refractivity contribution in [1.29, 1.82) is 0 Å². The van der Waals surface area contributed by atoms with Crippen molar-refractivity contribution in [3.8, 4) is 0 Å². The maximum atomic E-state index is 11.7. The van der Waals surface area contributed by atoms with Crippen molar-refractivity contribution in [2.45, 2.75) is 79.1 Å². The van der Waals surface area contributed by atoms with Crippen molar-refractivity contribution in [1.82, 2.24) is 0 Å². The predicted molar refractivity (Wildman–Crippen MR) is 107 cm³/mol. The Hall–Kier alpha value is -1.58. The van der Waals surface area contributed by atoms with Gasteiger partial charge in [-0.25, -0.2) is 9.59 Å². The summed E-state index contributed by atoms with van der Waals surface area (Å²) in [5.41, 5.74) is 0. The molecule has 0 N–H and O–H groups in total. The molecular weight excluding hydrogens is 328 g/mol. The van der Waals surface area contributed by atoms with Gasteiger partial charge in [0.2, 0.25) is 0 Å². The van der Waals surface area contributed by atoms with E-state index in [2.05, 4.69) is 27.7 Å². The molecule has 0 bridgehead atoms. The molecule has 0 spiro atoms. The van der Waals surface area contributed by atoms with Crippen LogP contribution in [0.4, 0.5) is 0 Å². The van der Waals surface area contributed by atoms with Gasteiger partial charge in [-0.1, -0.05) is 78.4 Å². The second-order valence-electron chi connectivity index (χ2n) is 6.81. The van der Waals surface area contributed by atoms with Gasteiger partial charge in [-0.05, 0) is 24.7 Å². The van der Waals surface area contributed by atoms with E-state index in [-0.39, 0.29) is 11.9 Å². The van der Waals surface area contributed by atoms with Gasteiger partial charge in [0.05, 0.1) is 13.2 Å². The first-order chi connectivity index (χ1) is 12.6. The maximum Gasteiger partial charge on any atom is 0.330 e. The smallest absolute Gasteiger partial charge is 0.330 e. The molecule has 0 saturated carbocycles. The highest BCUT2D eigenvalue weighted by atomic mass is 16.5. The van der Waals surface area contributed by atoms with Crippen molar-refractivity contribution in [2.75, 3.05) is 13.2 Å². The zero-order chi connectivity index (χ0) is 19.6. The van der Waals surface area contributed by atoms with Crippen LogP contribution in [0.15, 0.2) is 24.3 Å². The Morgan fingerprint density at radius 3 is 1.42 bits per heavy atom. The van der Waals surface area contributed by atoms with Crippen molar-refractivity contribution in [3.63, 3.8) is 0 Å². The number of esters is 2. The largest absolute Gasteiger partial charge is 0.462 e. The van der Waals surface area contributed by atoms with Gasteiger partial charge in [0.15, 0.2) is 0 Å². The summed E-state index contributed by atoms with van der Waals surface area (Å²) >= 11 is 0. The Bertz CT molecular complexity index is 386. The molecular formula is C22H38O4. The molecule has 0 saturated heterocycles. The summed E-state index contributed by atoms with van der Waals surface area (Å²) < 4.78 is 10.5. The second kappa shape index (κ2) is 16.9. The van der Waals surface area contributed by atoms with Crippen LogP contribution in [0.1, 0.15) is 79.1 Å². The quantitative estimate of drug-likeness (QED) is 0.214. The maximum absolute atomic E-state index is 11.7. The number of carbonyl (C=O) groups is 2. The molecule has 2 atom stereocenters. The number of rotatable bonds is 15. The molecule has 4 nitrogen and oxygen atoms in total. The van der Waals surface area contributed by atoms with E-state index >= 15 is 0 Å². The number of ether oxygens (including phenoxy) is 2. The highest BCUT2D eigenvalue weighted by Gasteiger charge is 2.09. The Labute approximate surface area is 160 Å². The Balaban J connectivity index is 4.05. The van der Waals surface area contributed by atoms with Crippen LogP contribution in [0.3, 0.4) is 0 Å². The first-order valence-electron chi connectivity index (χ1n) is 10.2. The van der Waals surface area contributed by atoms with E-state index in [1.165, 1.54) is 24.3 Å². The minimum Gasteiger partial charge on any atom is -0.462 e. The molecule has 0 heterocycles. The number of hydrogen-bond acceptors (Lipinski definition) is 4. The standard InChI is InChI=1S/C22H38O4/c1-5-9-13-19(7-3)17-25-21(23)15-11-12-16-22(24)26-18-20(8-4)14-10-6-2/h11-12,15-16,19-20H,5-10,13-14,17-18H2,1-4H3/b15-11+,16-12+. The molecule has 0 radical (unpaired) electrons. The first kappa shape index (κ1) is 24.4. The molecule has 2 unspecified atom stereocenters. The third kappa shape index (κ3) is 13.7. The van der Waals surface area contributed by atoms with Gasteiger partial charge in [0, 0.05) is 12.2 Å². The summed E-state index contributed by atoms with van der Waals surface area (Å²) in [5.74, 6) is 0.112. The summed E-state index contributed by atoms with van der Waals surface area (Å²) in [6, 6.07) is 0. The summed E-state index contributed by atoms with van der Waals surface area (Å²) in [6.07, 6.45) is 14.6. The normalized spacial score (nSPS) is 13.8. The fraction of sp³-hybridized carbons (Fsp3) is 0.727. The number of allylic oxidation sites excluding steroid dienone is 2. The topological polar surface area (TPSA) is 52.6 Å². The Morgan fingerprint density at radius 1 is 0.731 bits per heavy atom. The highest BCUT2D eigenvalue weighted by Crippen LogP contribution is 2.13. The van der Waals surface area contributed by atoms with Gasteiger partial charge in [-0.2, -0.15) is 0 Å². The summed E-state index contributed by atoms with van der Waals surface area (Å²) in [5, 5.41) is 0. The van der Waals surface area contributed by atoms with E-state index in [9.17, 15) is 9.59 Å². The van der Waals surface area contributed by atoms with E-state index < -0.39 is 0 Å². The molecule has 0 aromatic heterocycles. The molecule has 0 fully saturated rings. The van der Waals surface area contributed by atoms with Gasteiger partial charge in [0.1, 0.15) is 0 Å². The average molecular weight is 367 g/mol. The van der Waals surface area contributed by atoms with Crippen LogP contribution >= 0.6 is 0 Å². The van der Waals surface area contributed by atoms with Gasteiger partial charge in [0.25, 0.3) is 0 Å². The highest BCUT2D eigenvalue weighted by molar-refractivity contribution is 5.84. The van der Waals surface area contributed by atoms with Gasteiger partial charge >= 0.3 is 11.9 Å². The molecule has 26 heavy (non-hydrogen) atoms. The van der Waals surface area contributed by atoms with Crippen LogP contribution in [0, 0.1) is 11.8 Å². The Morgan fingerprint density at radius 2 is 1.12 bits per heavy atom. The van der Waals surface area contributed by atoms with E-state index in [0.717, 1.165) is 51.4 Å². The van der Waals surface area contributed by atoms with E-state index in [1.807, 2.05) is 0 Å². The van der Waals surface area contributed by atoms with E-state index in [1.54, 1.807) is 0 Å². The summed E-state index contributed by atoms with van der Waals surface area (Å²) in [4.78, 5) is 23.4. The zero-order valence-electron chi connectivity index (χ0n) is 17.2. The molecule has 0 aliphatic rings. The molecule has 150 valence electrons. The van der Waals surface area contributed by atoms with E-state index in [0.29, 0.717) is 25.0 Å². The molecule has 0 amide bonds. The minimum atomic E-state index is -0.372. The van der Waals surface area contributed by atoms with Crippen molar-refractivity contribution in [3.05, 3.63) is 24.3 Å². The number of carbonyl (C=O) groups excluding carboxylic acids is 2. The first-order valence-corrected chi connectivity index (χ1v) is 10.2. The van der Waals surface area contributed by atoms with Gasteiger partial charge in [-0.3, -0.25) is 0 Å². The van der Waals surface area contributed by atoms with Crippen molar-refractivity contribution >= 4 is 11.9 Å². The Kier molecular flexibility index (Phi) is 15.8. The van der Waals surface area contributed by atoms with E-state index in [4.69, 9.17) is 9.47 Å². The van der Waals surface area contributed by atoms with Crippen LogP contribution in [-0.2, 0) is 19.1 Å². The van der Waals surface area contributed by atoms with Crippen molar-refractivity contribution in [2.24, 2.45) is 11.8 Å². The summed E-state index contributed by atoms with van der Waals surface area (Å²) in [7, 11) is 0. The third-order valence-corrected chi connectivity index (χ3v) is 4.58. The molecule has 4 heteroatoms. The van der Waals surface area contributed by atoms with Crippen LogP contribution < -0.4 is 0 Å². The van der Waals surface area contributed by atoms with Crippen LogP contribution in [-0.4, -0.2) is 25.2 Å². The third-order valence-electron chi connectivity index (χ3n) is 4.58. The molecule has 0 aromatic carbocycles. The lowest BCUT2D eigenvalue weighted by Crippen LogP contribution is -2.12. The lowest BCUT2D eigenvalue weighted by Gasteiger charge is -2.13. The van der Waals surface area contributed by atoms with Crippen LogP contribution in [0.5, 0.6) is 0 Å². The van der Waals surface area contributed by atoms with Gasteiger partial charge in [-0.15, -0.1) is 0 Å². The van der Waals surface area contributed by atoms with Crippen LogP contribution in [0.2, 0.25) is 0 Å². The van der Waals surface area contributed by atoms with Crippen molar-refractivity contribution < 1.29 is 19.1 Å². The monoisotopic (exact) mass is 366 g/mol. The van der Waals surface area contributed by atoms with Crippen LogP contribution in [0.25, 0.3) is 0 Å². The molecule has 0 aliphatic heterocycles. The second-order valence-corrected chi connectivity index (χ2v) is 6.81. The lowest BCUT2D eigenvalue weighted by atomic mass is 10.0. The average Bonchev–Trinajstić information content (AvgIpc) is 2.65. The zero-order valence-corrected chi connectivity index (χ0v) is 17.2. The SMILES string of the molecule is CCCCC(CC)COC(=O)/C=C/C=C/C(=O)OCC(CC)CCCC.